The van der Waals surface area contributed by atoms with Crippen LogP contribution in [0.4, 0.5) is 0 Å². The van der Waals surface area contributed by atoms with E-state index in [1.165, 1.54) is 6.42 Å². The van der Waals surface area contributed by atoms with Gasteiger partial charge in [-0.25, -0.2) is 4.79 Å². The van der Waals surface area contributed by atoms with Crippen molar-refractivity contribution in [2.45, 2.75) is 50.7 Å². The first-order valence-electron chi connectivity index (χ1n) is 11.4. The molecule has 7 heteroatoms. The number of carboxylic acids is 1. The number of rotatable bonds is 10. The first kappa shape index (κ1) is 22.3. The molecule has 0 saturated heterocycles. The van der Waals surface area contributed by atoms with E-state index in [9.17, 15) is 15.0 Å². The van der Waals surface area contributed by atoms with E-state index in [4.69, 9.17) is 4.74 Å². The summed E-state index contributed by atoms with van der Waals surface area (Å²) in [5.74, 6) is -0.245. The molecule has 170 valence electrons. The van der Waals surface area contributed by atoms with E-state index in [-0.39, 0.29) is 5.92 Å². The fourth-order valence-corrected chi connectivity index (χ4v) is 4.56. The van der Waals surface area contributed by atoms with Gasteiger partial charge in [0, 0.05) is 42.0 Å². The number of carboxylic acid groups (broad SMARTS) is 1. The SMILES string of the molecule is O=C(O)[C@@H](Oc1cccc2c(CCNC[C@@H](O)c3cccnc3)c[nH]c12)C1CCCCC1. The number of aliphatic carboxylic acids is 1. The number of benzene rings is 1. The Labute approximate surface area is 187 Å². The number of nitrogens with one attached hydrogen (secondary N) is 2. The predicted octanol–water partition coefficient (Wildman–Crippen LogP) is 3.84. The van der Waals surface area contributed by atoms with Crippen LogP contribution in [0.3, 0.4) is 0 Å². The van der Waals surface area contributed by atoms with Crippen LogP contribution in [0.25, 0.3) is 10.9 Å². The van der Waals surface area contributed by atoms with Crippen molar-refractivity contribution in [3.8, 4) is 5.75 Å². The van der Waals surface area contributed by atoms with Crippen LogP contribution >= 0.6 is 0 Å². The second-order valence-corrected chi connectivity index (χ2v) is 8.52. The monoisotopic (exact) mass is 437 g/mol. The Hall–Kier alpha value is -2.90. The topological polar surface area (TPSA) is 107 Å². The number of aromatic amines is 1. The molecule has 1 saturated carbocycles. The van der Waals surface area contributed by atoms with Crippen LogP contribution in [0.5, 0.6) is 5.75 Å². The average Bonchev–Trinajstić information content (AvgIpc) is 3.25. The molecular formula is C25H31N3O4. The molecule has 4 rings (SSSR count). The second-order valence-electron chi connectivity index (χ2n) is 8.52. The third kappa shape index (κ3) is 5.29. The number of hydrogen-bond donors (Lipinski definition) is 4. The van der Waals surface area contributed by atoms with E-state index in [0.29, 0.717) is 18.8 Å². The summed E-state index contributed by atoms with van der Waals surface area (Å²) in [6.07, 6.45) is 9.78. The minimum absolute atomic E-state index is 0.0568. The number of hydrogen-bond acceptors (Lipinski definition) is 5. The lowest BCUT2D eigenvalue weighted by molar-refractivity contribution is -0.148. The predicted molar refractivity (Wildman–Crippen MR) is 123 cm³/mol. The van der Waals surface area contributed by atoms with Gasteiger partial charge in [-0.05, 0) is 43.5 Å². The van der Waals surface area contributed by atoms with E-state index in [1.54, 1.807) is 12.4 Å². The molecule has 0 spiro atoms. The summed E-state index contributed by atoms with van der Waals surface area (Å²) in [5, 5.41) is 24.3. The fourth-order valence-electron chi connectivity index (χ4n) is 4.56. The van der Waals surface area contributed by atoms with Crippen molar-refractivity contribution in [1.29, 1.82) is 0 Å². The van der Waals surface area contributed by atoms with Gasteiger partial charge in [0.05, 0.1) is 11.6 Å². The zero-order valence-corrected chi connectivity index (χ0v) is 18.2. The summed E-state index contributed by atoms with van der Waals surface area (Å²) in [6, 6.07) is 9.44. The molecule has 0 radical (unpaired) electrons. The number of para-hydroxylation sites is 1. The third-order valence-corrected chi connectivity index (χ3v) is 6.32. The van der Waals surface area contributed by atoms with Crippen molar-refractivity contribution < 1.29 is 19.7 Å². The molecule has 1 fully saturated rings. The van der Waals surface area contributed by atoms with Crippen LogP contribution in [0.1, 0.15) is 49.3 Å². The molecule has 3 aromatic rings. The summed E-state index contributed by atoms with van der Waals surface area (Å²) in [4.78, 5) is 19.2. The normalized spacial score (nSPS) is 16.7. The zero-order valence-electron chi connectivity index (χ0n) is 18.2. The maximum Gasteiger partial charge on any atom is 0.345 e. The van der Waals surface area contributed by atoms with Crippen molar-refractivity contribution >= 4 is 16.9 Å². The largest absolute Gasteiger partial charge is 0.478 e. The van der Waals surface area contributed by atoms with Gasteiger partial charge in [0.1, 0.15) is 5.75 Å². The highest BCUT2D eigenvalue weighted by molar-refractivity contribution is 5.88. The first-order valence-corrected chi connectivity index (χ1v) is 11.4. The summed E-state index contributed by atoms with van der Waals surface area (Å²) in [7, 11) is 0. The van der Waals surface area contributed by atoms with Gasteiger partial charge in [0.2, 0.25) is 0 Å². The molecule has 2 atom stereocenters. The summed E-state index contributed by atoms with van der Waals surface area (Å²) in [5.41, 5.74) is 2.75. The minimum atomic E-state index is -0.892. The van der Waals surface area contributed by atoms with Gasteiger partial charge in [-0.1, -0.05) is 37.5 Å². The van der Waals surface area contributed by atoms with Gasteiger partial charge < -0.3 is 25.3 Å². The number of aliphatic hydroxyl groups is 1. The Morgan fingerprint density at radius 3 is 2.81 bits per heavy atom. The van der Waals surface area contributed by atoms with Gasteiger partial charge in [-0.3, -0.25) is 4.98 Å². The van der Waals surface area contributed by atoms with E-state index in [2.05, 4.69) is 15.3 Å². The number of aliphatic hydroxyl groups excluding tert-OH is 1. The lowest BCUT2D eigenvalue weighted by Crippen LogP contribution is -2.36. The molecule has 0 unspecified atom stereocenters. The number of nitrogens with zero attached hydrogens (tertiary/aromatic N) is 1. The van der Waals surface area contributed by atoms with Crippen LogP contribution < -0.4 is 10.1 Å². The van der Waals surface area contributed by atoms with E-state index in [1.807, 2.05) is 36.5 Å². The number of pyridine rings is 1. The van der Waals surface area contributed by atoms with Crippen LogP contribution in [0.2, 0.25) is 0 Å². The molecule has 32 heavy (non-hydrogen) atoms. The van der Waals surface area contributed by atoms with Crippen molar-refractivity contribution in [2.24, 2.45) is 5.92 Å². The molecule has 0 bridgehead atoms. The van der Waals surface area contributed by atoms with E-state index in [0.717, 1.165) is 54.1 Å². The molecule has 1 aliphatic carbocycles. The van der Waals surface area contributed by atoms with Crippen LogP contribution in [0.15, 0.2) is 48.9 Å². The molecule has 0 aliphatic heterocycles. The molecule has 2 aromatic heterocycles. The Balaban J connectivity index is 1.38. The second kappa shape index (κ2) is 10.6. The van der Waals surface area contributed by atoms with Gasteiger partial charge in [0.25, 0.3) is 0 Å². The Bertz CT molecular complexity index is 1010. The number of H-pyrrole nitrogens is 1. The van der Waals surface area contributed by atoms with Gasteiger partial charge in [0.15, 0.2) is 6.10 Å². The molecule has 4 N–H and O–H groups in total. The molecule has 2 heterocycles. The van der Waals surface area contributed by atoms with Crippen LogP contribution in [0, 0.1) is 5.92 Å². The lowest BCUT2D eigenvalue weighted by Gasteiger charge is -2.28. The highest BCUT2D eigenvalue weighted by atomic mass is 16.5. The van der Waals surface area contributed by atoms with Crippen LogP contribution in [-0.4, -0.2) is 45.3 Å². The summed E-state index contributed by atoms with van der Waals surface area (Å²) in [6.45, 7) is 1.15. The van der Waals surface area contributed by atoms with Crippen molar-refractivity contribution in [1.82, 2.24) is 15.3 Å². The Morgan fingerprint density at radius 1 is 1.22 bits per heavy atom. The van der Waals surface area contributed by atoms with Gasteiger partial charge in [-0.15, -0.1) is 0 Å². The maximum atomic E-state index is 11.9. The molecular weight excluding hydrogens is 406 g/mol. The number of aromatic nitrogens is 2. The van der Waals surface area contributed by atoms with Crippen molar-refractivity contribution in [3.05, 3.63) is 60.0 Å². The molecule has 1 aromatic carbocycles. The fraction of sp³-hybridized carbons (Fsp3) is 0.440. The van der Waals surface area contributed by atoms with Gasteiger partial charge in [-0.2, -0.15) is 0 Å². The lowest BCUT2D eigenvalue weighted by atomic mass is 9.85. The van der Waals surface area contributed by atoms with Crippen molar-refractivity contribution in [2.75, 3.05) is 13.1 Å². The number of ether oxygens (including phenoxy) is 1. The first-order chi connectivity index (χ1) is 15.6. The molecule has 0 amide bonds. The smallest absolute Gasteiger partial charge is 0.345 e. The van der Waals surface area contributed by atoms with Gasteiger partial charge >= 0.3 is 5.97 Å². The van der Waals surface area contributed by atoms with E-state index >= 15 is 0 Å². The van der Waals surface area contributed by atoms with Crippen LogP contribution in [-0.2, 0) is 11.2 Å². The number of carbonyl (C=O) groups is 1. The zero-order chi connectivity index (χ0) is 22.3. The molecule has 1 aliphatic rings. The third-order valence-electron chi connectivity index (χ3n) is 6.32. The summed E-state index contributed by atoms with van der Waals surface area (Å²) >= 11 is 0. The molecule has 7 nitrogen and oxygen atoms in total. The minimum Gasteiger partial charge on any atom is -0.478 e. The van der Waals surface area contributed by atoms with E-state index < -0.39 is 18.2 Å². The quantitative estimate of drug-likeness (QED) is 0.359. The number of fused-ring (bicyclic) bond motifs is 1. The maximum absolute atomic E-state index is 11.9. The highest BCUT2D eigenvalue weighted by Crippen LogP contribution is 2.33. The van der Waals surface area contributed by atoms with Crippen molar-refractivity contribution in [3.63, 3.8) is 0 Å². The average molecular weight is 438 g/mol. The summed E-state index contributed by atoms with van der Waals surface area (Å²) < 4.78 is 6.06. The Morgan fingerprint density at radius 2 is 2.06 bits per heavy atom. The standard InChI is InChI=1S/C25H31N3O4/c29-21(19-8-5-12-26-14-19)16-27-13-11-18-15-28-23-20(18)9-4-10-22(23)32-24(25(30)31)17-6-2-1-3-7-17/h4-5,8-10,12,14-15,17,21,24,27-29H,1-3,6-7,11,13,16H2,(H,30,31)/t21-,24+/m1/s1. The Kier molecular flexibility index (Phi) is 7.39. The highest BCUT2D eigenvalue weighted by Gasteiger charge is 2.31.